The zero-order valence-corrected chi connectivity index (χ0v) is 8.41. The third kappa shape index (κ3) is 3.79. The number of rotatable bonds is 4. The van der Waals surface area contributed by atoms with Crippen LogP contribution in [-0.2, 0) is 14.2 Å². The van der Waals surface area contributed by atoms with Crippen LogP contribution in [0.15, 0.2) is 12.3 Å². The molecule has 13 heavy (non-hydrogen) atoms. The van der Waals surface area contributed by atoms with Gasteiger partial charge in [0.2, 0.25) is 0 Å². The van der Waals surface area contributed by atoms with E-state index in [2.05, 4.69) is 6.92 Å². The Balaban J connectivity index is 2.17. The van der Waals surface area contributed by atoms with E-state index in [1.54, 1.807) is 6.26 Å². The van der Waals surface area contributed by atoms with Gasteiger partial charge in [0, 0.05) is 6.42 Å². The van der Waals surface area contributed by atoms with Crippen molar-refractivity contribution in [2.24, 2.45) is 0 Å². The number of hydrogen-bond donors (Lipinski definition) is 0. The smallest absolute Gasteiger partial charge is 0.0920 e. The number of hydrogen-bond acceptors (Lipinski definition) is 3. The monoisotopic (exact) mass is 186 g/mol. The van der Waals surface area contributed by atoms with Crippen molar-refractivity contribution in [3.05, 3.63) is 12.3 Å². The van der Waals surface area contributed by atoms with Crippen LogP contribution in [0.1, 0.15) is 20.3 Å². The van der Waals surface area contributed by atoms with E-state index in [1.165, 1.54) is 0 Å². The second kappa shape index (κ2) is 5.25. The van der Waals surface area contributed by atoms with E-state index in [-0.39, 0.29) is 5.60 Å². The lowest BCUT2D eigenvalue weighted by Gasteiger charge is -2.33. The molecule has 0 aromatic carbocycles. The molecule has 1 saturated heterocycles. The molecule has 0 amide bonds. The first-order valence-electron chi connectivity index (χ1n) is 4.71. The standard InChI is InChI=1S/C10H18O3/c1-3-5-11-6-4-10(2)9-12-7-8-13-10/h3,5H,4,6-9H2,1-2H3/b5-3+. The highest BCUT2D eigenvalue weighted by atomic mass is 16.6. The summed E-state index contributed by atoms with van der Waals surface area (Å²) >= 11 is 0. The van der Waals surface area contributed by atoms with Gasteiger partial charge in [0.1, 0.15) is 0 Å². The Hall–Kier alpha value is -0.540. The lowest BCUT2D eigenvalue weighted by Crippen LogP contribution is -2.41. The van der Waals surface area contributed by atoms with Crippen LogP contribution in [0.3, 0.4) is 0 Å². The van der Waals surface area contributed by atoms with Crippen LogP contribution >= 0.6 is 0 Å². The minimum Gasteiger partial charge on any atom is -0.501 e. The van der Waals surface area contributed by atoms with Crippen molar-refractivity contribution >= 4 is 0 Å². The summed E-state index contributed by atoms with van der Waals surface area (Å²) in [6.07, 6.45) is 4.45. The average Bonchev–Trinajstić information content (AvgIpc) is 2.14. The molecule has 0 bridgehead atoms. The Morgan fingerprint density at radius 2 is 2.31 bits per heavy atom. The SMILES string of the molecule is C/C=C/OCCC1(C)COCCO1. The van der Waals surface area contributed by atoms with Gasteiger partial charge in [-0.25, -0.2) is 0 Å². The molecule has 0 spiro atoms. The van der Waals surface area contributed by atoms with Crippen LogP contribution in [0.2, 0.25) is 0 Å². The zero-order valence-electron chi connectivity index (χ0n) is 8.41. The molecule has 1 unspecified atom stereocenters. The van der Waals surface area contributed by atoms with Gasteiger partial charge in [-0.1, -0.05) is 6.08 Å². The normalized spacial score (nSPS) is 29.4. The molecule has 0 N–H and O–H groups in total. The van der Waals surface area contributed by atoms with Crippen LogP contribution in [0, 0.1) is 0 Å². The van der Waals surface area contributed by atoms with Crippen molar-refractivity contribution in [3.8, 4) is 0 Å². The summed E-state index contributed by atoms with van der Waals surface area (Å²) in [5.41, 5.74) is -0.153. The predicted octanol–water partition coefficient (Wildman–Crippen LogP) is 1.73. The maximum absolute atomic E-state index is 5.62. The summed E-state index contributed by atoms with van der Waals surface area (Å²) in [4.78, 5) is 0. The summed E-state index contributed by atoms with van der Waals surface area (Å²) < 4.78 is 16.2. The first kappa shape index (κ1) is 10.5. The fourth-order valence-corrected chi connectivity index (χ4v) is 1.26. The molecule has 1 aliphatic heterocycles. The molecule has 0 aromatic rings. The van der Waals surface area contributed by atoms with Crippen LogP contribution in [0.25, 0.3) is 0 Å². The van der Waals surface area contributed by atoms with Gasteiger partial charge in [0.25, 0.3) is 0 Å². The highest BCUT2D eigenvalue weighted by molar-refractivity contribution is 4.77. The van der Waals surface area contributed by atoms with Gasteiger partial charge < -0.3 is 14.2 Å². The van der Waals surface area contributed by atoms with Gasteiger partial charge in [-0.2, -0.15) is 0 Å². The molecule has 0 aliphatic carbocycles. The Kier molecular flexibility index (Phi) is 4.25. The summed E-state index contributed by atoms with van der Waals surface area (Å²) in [5, 5.41) is 0. The molecule has 3 heteroatoms. The summed E-state index contributed by atoms with van der Waals surface area (Å²) in [7, 11) is 0. The lowest BCUT2D eigenvalue weighted by molar-refractivity contribution is -0.154. The van der Waals surface area contributed by atoms with E-state index in [1.807, 2.05) is 13.0 Å². The molecule has 1 heterocycles. The first-order valence-corrected chi connectivity index (χ1v) is 4.71. The second-order valence-corrected chi connectivity index (χ2v) is 3.44. The Bertz CT molecular complexity index is 160. The molecule has 1 atom stereocenters. The summed E-state index contributed by atoms with van der Waals surface area (Å²) in [6.45, 7) is 6.76. The minimum absolute atomic E-state index is 0.153. The zero-order chi connectivity index (χ0) is 9.57. The van der Waals surface area contributed by atoms with Gasteiger partial charge >= 0.3 is 0 Å². The van der Waals surface area contributed by atoms with Gasteiger partial charge in [0.05, 0.1) is 38.3 Å². The first-order chi connectivity index (χ1) is 6.27. The fraction of sp³-hybridized carbons (Fsp3) is 0.800. The Labute approximate surface area is 79.7 Å². The molecule has 0 aromatic heterocycles. The molecule has 1 fully saturated rings. The van der Waals surface area contributed by atoms with Crippen LogP contribution < -0.4 is 0 Å². The second-order valence-electron chi connectivity index (χ2n) is 3.44. The van der Waals surface area contributed by atoms with Crippen molar-refractivity contribution in [1.29, 1.82) is 0 Å². The molecule has 76 valence electrons. The molecule has 0 saturated carbocycles. The van der Waals surface area contributed by atoms with Gasteiger partial charge in [-0.05, 0) is 13.8 Å². The van der Waals surface area contributed by atoms with Crippen LogP contribution in [0.5, 0.6) is 0 Å². The van der Waals surface area contributed by atoms with Crippen molar-refractivity contribution in [2.75, 3.05) is 26.4 Å². The third-order valence-electron chi connectivity index (χ3n) is 2.07. The largest absolute Gasteiger partial charge is 0.501 e. The van der Waals surface area contributed by atoms with E-state index in [4.69, 9.17) is 14.2 Å². The number of allylic oxidation sites excluding steroid dienone is 1. The minimum atomic E-state index is -0.153. The summed E-state index contributed by atoms with van der Waals surface area (Å²) in [5.74, 6) is 0. The molecule has 0 radical (unpaired) electrons. The predicted molar refractivity (Wildman–Crippen MR) is 50.6 cm³/mol. The maximum Gasteiger partial charge on any atom is 0.0920 e. The van der Waals surface area contributed by atoms with Crippen molar-refractivity contribution in [2.45, 2.75) is 25.9 Å². The van der Waals surface area contributed by atoms with Gasteiger partial charge in [0.15, 0.2) is 0 Å². The van der Waals surface area contributed by atoms with Crippen molar-refractivity contribution in [3.63, 3.8) is 0 Å². The molecular formula is C10H18O3. The lowest BCUT2D eigenvalue weighted by atomic mass is 10.0. The van der Waals surface area contributed by atoms with Crippen molar-refractivity contribution in [1.82, 2.24) is 0 Å². The van der Waals surface area contributed by atoms with E-state index in [0.717, 1.165) is 6.42 Å². The van der Waals surface area contributed by atoms with Crippen molar-refractivity contribution < 1.29 is 14.2 Å². The van der Waals surface area contributed by atoms with Gasteiger partial charge in [-0.15, -0.1) is 0 Å². The highest BCUT2D eigenvalue weighted by Crippen LogP contribution is 2.19. The molecule has 3 nitrogen and oxygen atoms in total. The van der Waals surface area contributed by atoms with Crippen LogP contribution in [-0.4, -0.2) is 32.0 Å². The quantitative estimate of drug-likeness (QED) is 0.494. The van der Waals surface area contributed by atoms with Gasteiger partial charge in [-0.3, -0.25) is 0 Å². The van der Waals surface area contributed by atoms with E-state index in [0.29, 0.717) is 26.4 Å². The molecule has 1 rings (SSSR count). The molecule has 1 aliphatic rings. The summed E-state index contributed by atoms with van der Waals surface area (Å²) in [6, 6.07) is 0. The number of ether oxygens (including phenoxy) is 3. The topological polar surface area (TPSA) is 27.7 Å². The Morgan fingerprint density at radius 3 is 2.92 bits per heavy atom. The highest BCUT2D eigenvalue weighted by Gasteiger charge is 2.28. The third-order valence-corrected chi connectivity index (χ3v) is 2.07. The van der Waals surface area contributed by atoms with E-state index < -0.39 is 0 Å². The maximum atomic E-state index is 5.62. The van der Waals surface area contributed by atoms with E-state index in [9.17, 15) is 0 Å². The molecular weight excluding hydrogens is 168 g/mol. The Morgan fingerprint density at radius 1 is 1.46 bits per heavy atom. The fourth-order valence-electron chi connectivity index (χ4n) is 1.26. The average molecular weight is 186 g/mol. The van der Waals surface area contributed by atoms with Crippen LogP contribution in [0.4, 0.5) is 0 Å². The van der Waals surface area contributed by atoms with E-state index >= 15 is 0 Å².